The van der Waals surface area contributed by atoms with Gasteiger partial charge in [-0.3, -0.25) is 0 Å². The number of aliphatic hydroxyl groups is 1. The molecule has 0 aromatic rings. The van der Waals surface area contributed by atoms with E-state index in [1.807, 2.05) is 0 Å². The topological polar surface area (TPSA) is 23.5 Å². The molecule has 3 heteroatoms. The molecule has 10 heavy (non-hydrogen) atoms. The van der Waals surface area contributed by atoms with Crippen molar-refractivity contribution in [2.45, 2.75) is 20.3 Å². The molecule has 0 aliphatic rings. The predicted octanol–water partition coefficient (Wildman–Crippen LogP) is 0.708. The van der Waals surface area contributed by atoms with Crippen LogP contribution in [0.15, 0.2) is 0 Å². The molecule has 0 aromatic carbocycles. The van der Waals surface area contributed by atoms with Crippen LogP contribution in [-0.4, -0.2) is 36.2 Å². The summed E-state index contributed by atoms with van der Waals surface area (Å²) < 4.78 is 0. The summed E-state index contributed by atoms with van der Waals surface area (Å²) in [7, 11) is 0. The Bertz CT molecular complexity index is 57.6. The maximum Gasteiger partial charge on any atom is 0.0443 e. The van der Waals surface area contributed by atoms with Crippen LogP contribution in [0, 0.1) is 0 Å². The molecule has 0 atom stereocenters. The molecule has 0 bridgehead atoms. The van der Waals surface area contributed by atoms with Crippen molar-refractivity contribution < 1.29 is 31.3 Å². The van der Waals surface area contributed by atoms with Crippen molar-refractivity contribution >= 4 is 0 Å². The first-order valence-electron chi connectivity index (χ1n) is 3.68. The summed E-state index contributed by atoms with van der Waals surface area (Å²) in [6.07, 6.45) is 0.904. The Hall–Kier alpha value is 0.803. The molecule has 0 radical (unpaired) electrons. The van der Waals surface area contributed by atoms with Crippen molar-refractivity contribution in [3.05, 3.63) is 0 Å². The molecular formula is C7H17NOZr. The third-order valence-electron chi connectivity index (χ3n) is 1.53. The van der Waals surface area contributed by atoms with E-state index in [0.29, 0.717) is 6.61 Å². The normalized spacial score (nSPS) is 9.60. The Morgan fingerprint density at radius 2 is 1.70 bits per heavy atom. The van der Waals surface area contributed by atoms with Crippen LogP contribution in [0.25, 0.3) is 0 Å². The Morgan fingerprint density at radius 1 is 1.20 bits per heavy atom. The van der Waals surface area contributed by atoms with Gasteiger partial charge in [0.1, 0.15) is 0 Å². The number of nitrogens with zero attached hydrogens (tertiary/aromatic N) is 1. The molecule has 0 unspecified atom stereocenters. The molecule has 1 N–H and O–H groups in total. The average Bonchev–Trinajstić information content (AvgIpc) is 1.91. The van der Waals surface area contributed by atoms with E-state index in [1.165, 1.54) is 0 Å². The van der Waals surface area contributed by atoms with E-state index in [0.717, 1.165) is 26.1 Å². The standard InChI is InChI=1S/C7H17NO.Zr/c1-3-8(4-2)6-5-7-9;/h9H,3-7H2,1-2H3;. The van der Waals surface area contributed by atoms with Gasteiger partial charge in [-0.1, -0.05) is 13.8 Å². The van der Waals surface area contributed by atoms with Gasteiger partial charge in [0.25, 0.3) is 0 Å². The van der Waals surface area contributed by atoms with E-state index in [2.05, 4.69) is 18.7 Å². The minimum absolute atomic E-state index is 0. The van der Waals surface area contributed by atoms with E-state index >= 15 is 0 Å². The first kappa shape index (κ1) is 13.4. The van der Waals surface area contributed by atoms with Gasteiger partial charge in [-0.15, -0.1) is 0 Å². The quantitative estimate of drug-likeness (QED) is 0.740. The first-order valence-corrected chi connectivity index (χ1v) is 3.68. The summed E-state index contributed by atoms with van der Waals surface area (Å²) in [5.41, 5.74) is 0. The Morgan fingerprint density at radius 3 is 2.00 bits per heavy atom. The second kappa shape index (κ2) is 9.80. The van der Waals surface area contributed by atoms with Crippen LogP contribution in [0.1, 0.15) is 20.3 Å². The average molecular weight is 222 g/mol. The van der Waals surface area contributed by atoms with Crippen LogP contribution in [0.2, 0.25) is 0 Å². The zero-order valence-electron chi connectivity index (χ0n) is 6.93. The monoisotopic (exact) mass is 221 g/mol. The molecule has 0 spiro atoms. The minimum atomic E-state index is 0. The van der Waals surface area contributed by atoms with Crippen molar-refractivity contribution in [3.8, 4) is 0 Å². The fraction of sp³-hybridized carbons (Fsp3) is 1.00. The third-order valence-corrected chi connectivity index (χ3v) is 1.53. The molecule has 0 amide bonds. The van der Waals surface area contributed by atoms with Crippen LogP contribution in [0.5, 0.6) is 0 Å². The van der Waals surface area contributed by atoms with Gasteiger partial charge in [-0.25, -0.2) is 0 Å². The van der Waals surface area contributed by atoms with Crippen LogP contribution in [-0.2, 0) is 26.2 Å². The van der Waals surface area contributed by atoms with Crippen LogP contribution in [0.3, 0.4) is 0 Å². The van der Waals surface area contributed by atoms with Gasteiger partial charge < -0.3 is 10.0 Å². The smallest absolute Gasteiger partial charge is 0.0443 e. The van der Waals surface area contributed by atoms with Crippen molar-refractivity contribution in [1.29, 1.82) is 0 Å². The Labute approximate surface area is 82.7 Å². The van der Waals surface area contributed by atoms with Crippen molar-refractivity contribution in [2.24, 2.45) is 0 Å². The SMILES string of the molecule is CCN(CC)CCCO.[Zr]. The maximum atomic E-state index is 8.48. The molecule has 0 fully saturated rings. The van der Waals surface area contributed by atoms with Gasteiger partial charge in [0.05, 0.1) is 0 Å². The fourth-order valence-electron chi connectivity index (χ4n) is 0.834. The fourth-order valence-corrected chi connectivity index (χ4v) is 0.834. The molecule has 0 aromatic heterocycles. The summed E-state index contributed by atoms with van der Waals surface area (Å²) in [5, 5.41) is 8.48. The summed E-state index contributed by atoms with van der Waals surface area (Å²) in [6.45, 7) is 7.81. The second-order valence-corrected chi connectivity index (χ2v) is 2.10. The van der Waals surface area contributed by atoms with Gasteiger partial charge in [-0.05, 0) is 19.5 Å². The summed E-state index contributed by atoms with van der Waals surface area (Å²) in [6, 6.07) is 0. The molecule has 60 valence electrons. The van der Waals surface area contributed by atoms with E-state index < -0.39 is 0 Å². The van der Waals surface area contributed by atoms with Gasteiger partial charge in [0.15, 0.2) is 0 Å². The number of rotatable bonds is 5. The van der Waals surface area contributed by atoms with Crippen molar-refractivity contribution in [1.82, 2.24) is 4.90 Å². The minimum Gasteiger partial charge on any atom is -0.396 e. The van der Waals surface area contributed by atoms with Gasteiger partial charge in [0.2, 0.25) is 0 Å². The predicted molar refractivity (Wildman–Crippen MR) is 39.5 cm³/mol. The summed E-state index contributed by atoms with van der Waals surface area (Å²) in [4.78, 5) is 2.30. The Kier molecular flexibility index (Phi) is 13.1. The van der Waals surface area contributed by atoms with Crippen LogP contribution in [0.4, 0.5) is 0 Å². The first-order chi connectivity index (χ1) is 4.35. The summed E-state index contributed by atoms with van der Waals surface area (Å²) >= 11 is 0. The third kappa shape index (κ3) is 6.92. The zero-order valence-corrected chi connectivity index (χ0v) is 9.39. The molecule has 0 rings (SSSR count). The van der Waals surface area contributed by atoms with E-state index in [1.54, 1.807) is 0 Å². The largest absolute Gasteiger partial charge is 0.396 e. The van der Waals surface area contributed by atoms with Gasteiger partial charge in [-0.2, -0.15) is 0 Å². The van der Waals surface area contributed by atoms with Gasteiger partial charge >= 0.3 is 0 Å². The van der Waals surface area contributed by atoms with E-state index in [4.69, 9.17) is 5.11 Å². The van der Waals surface area contributed by atoms with Crippen LogP contribution >= 0.6 is 0 Å². The second-order valence-electron chi connectivity index (χ2n) is 2.10. The molecule has 0 saturated carbocycles. The molecule has 0 saturated heterocycles. The van der Waals surface area contributed by atoms with E-state index in [9.17, 15) is 0 Å². The molecule has 0 heterocycles. The molecule has 0 aliphatic carbocycles. The number of hydrogen-bond donors (Lipinski definition) is 1. The number of hydrogen-bond acceptors (Lipinski definition) is 2. The van der Waals surface area contributed by atoms with Crippen molar-refractivity contribution in [3.63, 3.8) is 0 Å². The van der Waals surface area contributed by atoms with Gasteiger partial charge in [0, 0.05) is 39.4 Å². The van der Waals surface area contributed by atoms with Crippen molar-refractivity contribution in [2.75, 3.05) is 26.2 Å². The summed E-state index contributed by atoms with van der Waals surface area (Å²) in [5.74, 6) is 0. The molecule has 0 aliphatic heterocycles. The van der Waals surface area contributed by atoms with Crippen LogP contribution < -0.4 is 0 Å². The van der Waals surface area contributed by atoms with E-state index in [-0.39, 0.29) is 26.2 Å². The number of aliphatic hydroxyl groups excluding tert-OH is 1. The molecule has 2 nitrogen and oxygen atoms in total. The Balaban J connectivity index is 0. The maximum absolute atomic E-state index is 8.48. The molecular weight excluding hydrogens is 205 g/mol. The zero-order chi connectivity index (χ0) is 7.11.